The molecule has 0 saturated carbocycles. The summed E-state index contributed by atoms with van der Waals surface area (Å²) in [5.41, 5.74) is 0.843. The van der Waals surface area contributed by atoms with Gasteiger partial charge in [-0.15, -0.1) is 0 Å². The van der Waals surface area contributed by atoms with Crippen molar-refractivity contribution in [2.45, 2.75) is 17.9 Å². The Morgan fingerprint density at radius 1 is 1.00 bits per heavy atom. The molecule has 1 heterocycles. The lowest BCUT2D eigenvalue weighted by Crippen LogP contribution is -2.29. The second-order valence-corrected chi connectivity index (χ2v) is 7.79. The van der Waals surface area contributed by atoms with Crippen LogP contribution in [-0.2, 0) is 10.0 Å². The van der Waals surface area contributed by atoms with Crippen LogP contribution in [0.25, 0.3) is 0 Å². The van der Waals surface area contributed by atoms with Crippen LogP contribution in [0, 0.1) is 0 Å². The lowest BCUT2D eigenvalue weighted by molar-refractivity contribution is 0.0726. The van der Waals surface area contributed by atoms with Gasteiger partial charge in [0.2, 0.25) is 0 Å². The summed E-state index contributed by atoms with van der Waals surface area (Å²) in [6, 6.07) is 17.8. The number of hydrogen-bond acceptors (Lipinski definition) is 4. The molecule has 0 spiro atoms. The van der Waals surface area contributed by atoms with Gasteiger partial charge in [-0.2, -0.15) is 0 Å². The maximum absolute atomic E-state index is 12.6. The summed E-state index contributed by atoms with van der Waals surface area (Å²) in [7, 11) is -1.97. The normalized spacial score (nSPS) is 12.4. The molecule has 1 atom stereocenters. The minimum atomic E-state index is -3.66. The van der Waals surface area contributed by atoms with Crippen molar-refractivity contribution in [2.75, 3.05) is 11.8 Å². The molecule has 0 radical (unpaired) electrons. The number of carbonyl (C=O) groups excluding carboxylic acids is 1. The SMILES string of the molecule is CC(c1ccco1)N(C)C(=O)c1ccc(NS(=O)(=O)c2ccccc2)cc1. The lowest BCUT2D eigenvalue weighted by atomic mass is 10.1. The van der Waals surface area contributed by atoms with E-state index >= 15 is 0 Å². The molecule has 6 nitrogen and oxygen atoms in total. The van der Waals surface area contributed by atoms with E-state index in [2.05, 4.69) is 4.72 Å². The summed E-state index contributed by atoms with van der Waals surface area (Å²) in [5, 5.41) is 0. The zero-order valence-electron chi connectivity index (χ0n) is 15.0. The fraction of sp³-hybridized carbons (Fsp3) is 0.150. The number of furan rings is 1. The Balaban J connectivity index is 1.72. The van der Waals surface area contributed by atoms with E-state index in [1.165, 1.54) is 12.1 Å². The van der Waals surface area contributed by atoms with Crippen LogP contribution >= 0.6 is 0 Å². The van der Waals surface area contributed by atoms with Crippen molar-refractivity contribution < 1.29 is 17.6 Å². The van der Waals surface area contributed by atoms with Gasteiger partial charge in [-0.25, -0.2) is 8.42 Å². The molecule has 1 unspecified atom stereocenters. The molecule has 140 valence electrons. The molecule has 2 aromatic carbocycles. The van der Waals surface area contributed by atoms with E-state index in [1.807, 2.05) is 13.0 Å². The Morgan fingerprint density at radius 2 is 1.67 bits per heavy atom. The summed E-state index contributed by atoms with van der Waals surface area (Å²) in [6.45, 7) is 1.87. The number of carbonyl (C=O) groups is 1. The molecule has 27 heavy (non-hydrogen) atoms. The maximum Gasteiger partial charge on any atom is 0.261 e. The van der Waals surface area contributed by atoms with Crippen molar-refractivity contribution in [1.29, 1.82) is 0 Å². The van der Waals surface area contributed by atoms with Crippen LogP contribution in [0.1, 0.15) is 29.1 Å². The van der Waals surface area contributed by atoms with Gasteiger partial charge >= 0.3 is 0 Å². The number of nitrogens with zero attached hydrogens (tertiary/aromatic N) is 1. The van der Waals surface area contributed by atoms with Gasteiger partial charge in [-0.1, -0.05) is 18.2 Å². The van der Waals surface area contributed by atoms with Gasteiger partial charge in [-0.3, -0.25) is 9.52 Å². The maximum atomic E-state index is 12.6. The third-order valence-electron chi connectivity index (χ3n) is 4.29. The minimum Gasteiger partial charge on any atom is -0.467 e. The molecule has 0 aliphatic carbocycles. The molecular formula is C20H20N2O4S. The topological polar surface area (TPSA) is 79.6 Å². The third kappa shape index (κ3) is 4.20. The average Bonchev–Trinajstić information content (AvgIpc) is 3.22. The Labute approximate surface area is 158 Å². The fourth-order valence-electron chi connectivity index (χ4n) is 2.59. The molecule has 1 N–H and O–H groups in total. The zero-order valence-corrected chi connectivity index (χ0v) is 15.8. The van der Waals surface area contributed by atoms with E-state index in [0.717, 1.165) is 0 Å². The number of nitrogens with one attached hydrogen (secondary N) is 1. The van der Waals surface area contributed by atoms with Crippen LogP contribution in [0.15, 0.2) is 82.3 Å². The average molecular weight is 384 g/mol. The van der Waals surface area contributed by atoms with Crippen LogP contribution in [-0.4, -0.2) is 26.3 Å². The monoisotopic (exact) mass is 384 g/mol. The largest absolute Gasteiger partial charge is 0.467 e. The molecule has 3 aromatic rings. The van der Waals surface area contributed by atoms with E-state index in [-0.39, 0.29) is 16.8 Å². The first kappa shape index (κ1) is 18.7. The van der Waals surface area contributed by atoms with Gasteiger partial charge in [0.1, 0.15) is 5.76 Å². The highest BCUT2D eigenvalue weighted by atomic mass is 32.2. The molecule has 0 aliphatic rings. The predicted octanol–water partition coefficient (Wildman–Crippen LogP) is 3.91. The predicted molar refractivity (Wildman–Crippen MR) is 103 cm³/mol. The lowest BCUT2D eigenvalue weighted by Gasteiger charge is -2.23. The van der Waals surface area contributed by atoms with Gasteiger partial charge < -0.3 is 9.32 Å². The molecule has 1 amide bonds. The number of amides is 1. The smallest absolute Gasteiger partial charge is 0.261 e. The summed E-state index contributed by atoms with van der Waals surface area (Å²) in [5.74, 6) is 0.509. The zero-order chi connectivity index (χ0) is 19.4. The third-order valence-corrected chi connectivity index (χ3v) is 5.69. The number of rotatable bonds is 6. The van der Waals surface area contributed by atoms with Crippen LogP contribution in [0.3, 0.4) is 0 Å². The summed E-state index contributed by atoms with van der Waals surface area (Å²) >= 11 is 0. The summed E-state index contributed by atoms with van der Waals surface area (Å²) < 4.78 is 32.6. The number of anilines is 1. The van der Waals surface area contributed by atoms with E-state index in [0.29, 0.717) is 17.0 Å². The van der Waals surface area contributed by atoms with Crippen molar-refractivity contribution >= 4 is 21.6 Å². The van der Waals surface area contributed by atoms with Gasteiger partial charge in [0.05, 0.1) is 17.2 Å². The first-order chi connectivity index (χ1) is 12.9. The van der Waals surface area contributed by atoms with Crippen LogP contribution < -0.4 is 4.72 Å². The molecule has 0 saturated heterocycles. The highest BCUT2D eigenvalue weighted by molar-refractivity contribution is 7.92. The van der Waals surface area contributed by atoms with Crippen molar-refractivity contribution in [1.82, 2.24) is 4.90 Å². The number of sulfonamides is 1. The second-order valence-electron chi connectivity index (χ2n) is 6.10. The molecule has 0 bridgehead atoms. The van der Waals surface area contributed by atoms with Crippen molar-refractivity contribution in [3.8, 4) is 0 Å². The molecular weight excluding hydrogens is 364 g/mol. The Hall–Kier alpha value is -3.06. The van der Waals surface area contributed by atoms with Gasteiger partial charge in [0, 0.05) is 18.3 Å². The number of benzene rings is 2. The van der Waals surface area contributed by atoms with Crippen molar-refractivity contribution in [3.63, 3.8) is 0 Å². The fourth-order valence-corrected chi connectivity index (χ4v) is 3.67. The standard InChI is InChI=1S/C20H20N2O4S/c1-15(19-9-6-14-26-19)22(2)20(23)16-10-12-17(13-11-16)21-27(24,25)18-7-4-3-5-8-18/h3-15,21H,1-2H3. The van der Waals surface area contributed by atoms with E-state index in [1.54, 1.807) is 66.7 Å². The Morgan fingerprint density at radius 3 is 2.26 bits per heavy atom. The molecule has 0 aliphatic heterocycles. The van der Waals surface area contributed by atoms with Crippen molar-refractivity contribution in [2.24, 2.45) is 0 Å². The van der Waals surface area contributed by atoms with Crippen LogP contribution in [0.5, 0.6) is 0 Å². The minimum absolute atomic E-state index is 0.178. The van der Waals surface area contributed by atoms with Gasteiger partial charge in [0.25, 0.3) is 15.9 Å². The molecule has 1 aromatic heterocycles. The summed E-state index contributed by atoms with van der Waals surface area (Å²) in [6.07, 6.45) is 1.57. The van der Waals surface area contributed by atoms with Gasteiger partial charge in [0.15, 0.2) is 0 Å². The van der Waals surface area contributed by atoms with Gasteiger partial charge in [-0.05, 0) is 55.5 Å². The summed E-state index contributed by atoms with van der Waals surface area (Å²) in [4.78, 5) is 14.4. The Kier molecular flexibility index (Phi) is 5.32. The van der Waals surface area contributed by atoms with Crippen LogP contribution in [0.2, 0.25) is 0 Å². The highest BCUT2D eigenvalue weighted by Gasteiger charge is 2.21. The molecule has 7 heteroatoms. The number of hydrogen-bond donors (Lipinski definition) is 1. The van der Waals surface area contributed by atoms with E-state index in [4.69, 9.17) is 4.42 Å². The Bertz CT molecular complexity index is 998. The van der Waals surface area contributed by atoms with E-state index < -0.39 is 10.0 Å². The quantitative estimate of drug-likeness (QED) is 0.699. The highest BCUT2D eigenvalue weighted by Crippen LogP contribution is 2.22. The van der Waals surface area contributed by atoms with Crippen LogP contribution in [0.4, 0.5) is 5.69 Å². The molecule has 0 fully saturated rings. The first-order valence-electron chi connectivity index (χ1n) is 8.37. The second kappa shape index (κ2) is 7.67. The molecule has 3 rings (SSSR count). The first-order valence-corrected chi connectivity index (χ1v) is 9.85. The van der Waals surface area contributed by atoms with Crippen molar-refractivity contribution in [3.05, 3.63) is 84.3 Å². The van der Waals surface area contributed by atoms with E-state index in [9.17, 15) is 13.2 Å².